The Morgan fingerprint density at radius 2 is 1.28 bits per heavy atom. The Hall–Kier alpha value is -4.63. The minimum atomic E-state index is -1.36. The Kier molecular flexibility index (Phi) is 11.3. The van der Waals surface area contributed by atoms with Gasteiger partial charge < -0.3 is 25.4 Å². The Labute approximate surface area is 222 Å². The van der Waals surface area contributed by atoms with E-state index in [-0.39, 0.29) is 13.1 Å². The number of carboxylic acid groups (broad SMARTS) is 3. The maximum atomic E-state index is 12.8. The number of carbonyl (C=O) groups is 7. The SMILES string of the molecule is CC(C(=O)NC(OC(=O)CN(CCN(CC(=O)O)CC(=O)O)CC(=O)O)c1ccccc1)N1C(=O)C=CC1=O. The van der Waals surface area contributed by atoms with Crippen LogP contribution in [0.15, 0.2) is 42.5 Å². The van der Waals surface area contributed by atoms with Crippen LogP contribution in [-0.2, 0) is 38.3 Å². The highest BCUT2D eigenvalue weighted by atomic mass is 16.6. The molecule has 0 spiro atoms. The summed E-state index contributed by atoms with van der Waals surface area (Å²) in [5.74, 6) is -7.01. The van der Waals surface area contributed by atoms with Gasteiger partial charge in [-0.3, -0.25) is 48.3 Å². The van der Waals surface area contributed by atoms with Crippen molar-refractivity contribution in [2.24, 2.45) is 0 Å². The first-order valence-corrected chi connectivity index (χ1v) is 11.6. The van der Waals surface area contributed by atoms with Crippen molar-refractivity contribution in [2.75, 3.05) is 39.3 Å². The number of ether oxygens (including phenoxy) is 1. The van der Waals surface area contributed by atoms with Gasteiger partial charge in [0, 0.05) is 30.8 Å². The maximum Gasteiger partial charge on any atom is 0.322 e. The molecule has 0 aliphatic carbocycles. The molecule has 39 heavy (non-hydrogen) atoms. The van der Waals surface area contributed by atoms with Crippen molar-refractivity contribution in [1.82, 2.24) is 20.0 Å². The average molecular weight is 549 g/mol. The molecule has 210 valence electrons. The van der Waals surface area contributed by atoms with Crippen molar-refractivity contribution in [1.29, 1.82) is 0 Å². The number of carboxylic acids is 3. The summed E-state index contributed by atoms with van der Waals surface area (Å²) in [5, 5.41) is 29.6. The number of imide groups is 1. The van der Waals surface area contributed by atoms with Crippen LogP contribution in [-0.4, -0.2) is 117 Å². The summed E-state index contributed by atoms with van der Waals surface area (Å²) in [5.41, 5.74) is 0.336. The molecule has 0 saturated carbocycles. The smallest absolute Gasteiger partial charge is 0.322 e. The molecule has 2 atom stereocenters. The highest BCUT2D eigenvalue weighted by Gasteiger charge is 2.34. The molecule has 0 aromatic heterocycles. The third-order valence-corrected chi connectivity index (χ3v) is 5.40. The number of amides is 3. The Bertz CT molecular complexity index is 1100. The van der Waals surface area contributed by atoms with Gasteiger partial charge in [0.1, 0.15) is 6.04 Å². The fourth-order valence-corrected chi connectivity index (χ4v) is 3.61. The first-order chi connectivity index (χ1) is 18.4. The first-order valence-electron chi connectivity index (χ1n) is 11.6. The van der Waals surface area contributed by atoms with Crippen LogP contribution in [0, 0.1) is 0 Å². The average Bonchev–Trinajstić information content (AvgIpc) is 3.18. The second kappa shape index (κ2) is 14.3. The third kappa shape index (κ3) is 9.98. The van der Waals surface area contributed by atoms with Crippen molar-refractivity contribution in [3.8, 4) is 0 Å². The van der Waals surface area contributed by atoms with Crippen LogP contribution in [0.5, 0.6) is 0 Å². The molecule has 0 bridgehead atoms. The van der Waals surface area contributed by atoms with Crippen LogP contribution in [0.4, 0.5) is 0 Å². The number of nitrogens with one attached hydrogen (secondary N) is 1. The number of nitrogens with zero attached hydrogens (tertiary/aromatic N) is 3. The van der Waals surface area contributed by atoms with Crippen LogP contribution < -0.4 is 5.32 Å². The van der Waals surface area contributed by atoms with E-state index in [1.54, 1.807) is 30.3 Å². The van der Waals surface area contributed by atoms with Gasteiger partial charge in [0.05, 0.1) is 26.2 Å². The summed E-state index contributed by atoms with van der Waals surface area (Å²) in [7, 11) is 0. The lowest BCUT2D eigenvalue weighted by atomic mass is 10.2. The number of hydrogen-bond acceptors (Lipinski definition) is 10. The molecular formula is C24H28N4O11. The van der Waals surface area contributed by atoms with Gasteiger partial charge >= 0.3 is 23.9 Å². The van der Waals surface area contributed by atoms with E-state index in [0.29, 0.717) is 5.56 Å². The third-order valence-electron chi connectivity index (χ3n) is 5.40. The van der Waals surface area contributed by atoms with E-state index in [2.05, 4.69) is 5.32 Å². The lowest BCUT2D eigenvalue weighted by molar-refractivity contribution is -0.157. The zero-order valence-electron chi connectivity index (χ0n) is 20.9. The molecule has 0 saturated heterocycles. The van der Waals surface area contributed by atoms with Gasteiger partial charge in [0.2, 0.25) is 12.1 Å². The molecule has 1 aliphatic rings. The fourth-order valence-electron chi connectivity index (χ4n) is 3.61. The molecular weight excluding hydrogens is 520 g/mol. The van der Waals surface area contributed by atoms with Crippen molar-refractivity contribution in [3.05, 3.63) is 48.0 Å². The summed E-state index contributed by atoms with van der Waals surface area (Å²) >= 11 is 0. The minimum Gasteiger partial charge on any atom is -0.480 e. The highest BCUT2D eigenvalue weighted by Crippen LogP contribution is 2.17. The second-order valence-electron chi connectivity index (χ2n) is 8.45. The van der Waals surface area contributed by atoms with Gasteiger partial charge in [0.15, 0.2) is 0 Å². The van der Waals surface area contributed by atoms with Crippen LogP contribution in [0.2, 0.25) is 0 Å². The van der Waals surface area contributed by atoms with E-state index in [9.17, 15) is 38.7 Å². The van der Waals surface area contributed by atoms with Gasteiger partial charge in [0.25, 0.3) is 11.8 Å². The summed E-state index contributed by atoms with van der Waals surface area (Å²) < 4.78 is 5.41. The summed E-state index contributed by atoms with van der Waals surface area (Å²) in [6.07, 6.45) is 0.675. The lowest BCUT2D eigenvalue weighted by Crippen LogP contribution is -2.49. The predicted molar refractivity (Wildman–Crippen MR) is 130 cm³/mol. The van der Waals surface area contributed by atoms with E-state index in [0.717, 1.165) is 26.9 Å². The van der Waals surface area contributed by atoms with Gasteiger partial charge in [-0.25, -0.2) is 0 Å². The number of esters is 1. The van der Waals surface area contributed by atoms with Crippen molar-refractivity contribution in [3.63, 3.8) is 0 Å². The van der Waals surface area contributed by atoms with Crippen molar-refractivity contribution in [2.45, 2.75) is 19.2 Å². The van der Waals surface area contributed by atoms with Gasteiger partial charge in [-0.2, -0.15) is 0 Å². The molecule has 1 aromatic carbocycles. The van der Waals surface area contributed by atoms with Crippen LogP contribution >= 0.6 is 0 Å². The number of benzene rings is 1. The Balaban J connectivity index is 2.12. The first kappa shape index (κ1) is 30.6. The zero-order chi connectivity index (χ0) is 29.1. The number of rotatable bonds is 16. The molecule has 15 nitrogen and oxygen atoms in total. The molecule has 2 rings (SSSR count). The van der Waals surface area contributed by atoms with E-state index >= 15 is 0 Å². The highest BCUT2D eigenvalue weighted by molar-refractivity contribution is 6.15. The molecule has 0 fully saturated rings. The molecule has 2 unspecified atom stereocenters. The van der Waals surface area contributed by atoms with Crippen molar-refractivity contribution >= 4 is 41.6 Å². The molecule has 1 heterocycles. The zero-order valence-corrected chi connectivity index (χ0v) is 20.9. The maximum absolute atomic E-state index is 12.8. The van der Waals surface area contributed by atoms with Gasteiger partial charge in [-0.05, 0) is 6.92 Å². The van der Waals surface area contributed by atoms with Gasteiger partial charge in [-0.1, -0.05) is 30.3 Å². The molecule has 15 heteroatoms. The van der Waals surface area contributed by atoms with E-state index < -0.39 is 80.0 Å². The molecule has 3 amide bonds. The van der Waals surface area contributed by atoms with E-state index in [1.165, 1.54) is 6.92 Å². The van der Waals surface area contributed by atoms with Gasteiger partial charge in [-0.15, -0.1) is 0 Å². The number of carbonyl (C=O) groups excluding carboxylic acids is 4. The fraction of sp³-hybridized carbons (Fsp3) is 0.375. The van der Waals surface area contributed by atoms with E-state index in [4.69, 9.17) is 14.9 Å². The summed E-state index contributed by atoms with van der Waals surface area (Å²) in [4.78, 5) is 85.7. The van der Waals surface area contributed by atoms with E-state index in [1.807, 2.05) is 0 Å². The Morgan fingerprint density at radius 3 is 1.74 bits per heavy atom. The topological polar surface area (TPSA) is 211 Å². The summed E-state index contributed by atoms with van der Waals surface area (Å²) in [6, 6.07) is 6.75. The predicted octanol–water partition coefficient (Wildman–Crippen LogP) is -1.48. The van der Waals surface area contributed by atoms with Crippen molar-refractivity contribution < 1.29 is 53.6 Å². The Morgan fingerprint density at radius 1 is 0.821 bits per heavy atom. The normalized spacial score (nSPS) is 14.4. The quantitative estimate of drug-likeness (QED) is 0.106. The number of hydrogen-bond donors (Lipinski definition) is 4. The largest absolute Gasteiger partial charge is 0.480 e. The number of aliphatic carboxylic acids is 3. The van der Waals surface area contributed by atoms with Crippen LogP contribution in [0.3, 0.4) is 0 Å². The van der Waals surface area contributed by atoms with Crippen LogP contribution in [0.25, 0.3) is 0 Å². The summed E-state index contributed by atoms with van der Waals surface area (Å²) in [6.45, 7) is -1.52. The monoisotopic (exact) mass is 548 g/mol. The molecule has 1 aliphatic heterocycles. The second-order valence-corrected chi connectivity index (χ2v) is 8.45. The molecule has 1 aromatic rings. The molecule has 0 radical (unpaired) electrons. The minimum absolute atomic E-state index is 0.179. The van der Waals surface area contributed by atoms with Crippen LogP contribution in [0.1, 0.15) is 18.7 Å². The molecule has 4 N–H and O–H groups in total. The lowest BCUT2D eigenvalue weighted by Gasteiger charge is -2.27. The standard InChI is InChI=1S/C24H28N4O11/c1-15(28-17(29)7-8-18(28)30)23(38)25-24(16-5-3-2-4-6-16)39-22(37)14-27(13-21(35)36)10-9-26(11-19(31)32)12-20(33)34/h2-8,15,24H,9-14H2,1H3,(H,25,38)(H,31,32)(H,33,34)(H,35,36).